The van der Waals surface area contributed by atoms with Gasteiger partial charge in [-0.1, -0.05) is 0 Å². The standard InChI is InChI=1S/C9H16O8/c1-4(9(15)16)17-8(6(13)3-11)7(14)5(12)2-10/h2,4-8,11-14H,3H2,1H3,(H,15,16)/t4?,5-,6-,7-,8-/m1/s1. The number of rotatable bonds is 8. The minimum absolute atomic E-state index is 0.0105. The Morgan fingerprint density at radius 1 is 1.35 bits per heavy atom. The zero-order valence-corrected chi connectivity index (χ0v) is 9.13. The molecule has 0 bridgehead atoms. The first kappa shape index (κ1) is 15.9. The molecule has 100 valence electrons. The van der Waals surface area contributed by atoms with Crippen LogP contribution >= 0.6 is 0 Å². The second-order valence-corrected chi connectivity index (χ2v) is 3.45. The van der Waals surface area contributed by atoms with Gasteiger partial charge in [-0.05, 0) is 6.92 Å². The average molecular weight is 252 g/mol. The van der Waals surface area contributed by atoms with E-state index in [4.69, 9.17) is 20.1 Å². The molecule has 0 aromatic rings. The third kappa shape index (κ3) is 4.75. The fourth-order valence-corrected chi connectivity index (χ4v) is 1.07. The molecular formula is C9H16O8. The molecule has 0 aliphatic heterocycles. The van der Waals surface area contributed by atoms with Crippen molar-refractivity contribution < 1.29 is 39.9 Å². The fourth-order valence-electron chi connectivity index (χ4n) is 1.07. The lowest BCUT2D eigenvalue weighted by molar-refractivity contribution is -0.179. The number of carboxylic acid groups (broad SMARTS) is 1. The number of carboxylic acids is 1. The number of aliphatic carboxylic acids is 1. The van der Waals surface area contributed by atoms with Crippen molar-refractivity contribution in [2.75, 3.05) is 6.61 Å². The van der Waals surface area contributed by atoms with E-state index in [1.165, 1.54) is 0 Å². The van der Waals surface area contributed by atoms with Gasteiger partial charge >= 0.3 is 5.97 Å². The summed E-state index contributed by atoms with van der Waals surface area (Å²) in [6, 6.07) is 0. The number of hydrogen-bond acceptors (Lipinski definition) is 7. The molecule has 0 spiro atoms. The molecule has 0 aromatic heterocycles. The Bertz CT molecular complexity index is 255. The molecule has 0 saturated heterocycles. The van der Waals surface area contributed by atoms with Crippen LogP contribution in [0.5, 0.6) is 0 Å². The van der Waals surface area contributed by atoms with E-state index in [-0.39, 0.29) is 6.29 Å². The summed E-state index contributed by atoms with van der Waals surface area (Å²) in [5, 5.41) is 45.1. The molecule has 1 unspecified atom stereocenters. The number of ether oxygens (including phenoxy) is 1. The van der Waals surface area contributed by atoms with Crippen LogP contribution in [-0.4, -0.2) is 74.9 Å². The van der Waals surface area contributed by atoms with Gasteiger partial charge < -0.3 is 35.1 Å². The summed E-state index contributed by atoms with van der Waals surface area (Å²) >= 11 is 0. The molecule has 5 atom stereocenters. The van der Waals surface area contributed by atoms with E-state index >= 15 is 0 Å². The highest BCUT2D eigenvalue weighted by atomic mass is 16.5. The first-order valence-corrected chi connectivity index (χ1v) is 4.83. The molecule has 0 aromatic carbocycles. The largest absolute Gasteiger partial charge is 0.479 e. The Morgan fingerprint density at radius 2 is 1.88 bits per heavy atom. The van der Waals surface area contributed by atoms with Crippen molar-refractivity contribution in [3.05, 3.63) is 0 Å². The van der Waals surface area contributed by atoms with E-state index in [1.807, 2.05) is 0 Å². The zero-order valence-electron chi connectivity index (χ0n) is 9.13. The highest BCUT2D eigenvalue weighted by molar-refractivity contribution is 5.71. The minimum atomic E-state index is -1.85. The van der Waals surface area contributed by atoms with Gasteiger partial charge in [0.1, 0.15) is 24.4 Å². The van der Waals surface area contributed by atoms with Crippen molar-refractivity contribution in [3.63, 3.8) is 0 Å². The number of aliphatic hydroxyl groups is 4. The number of hydrogen-bond donors (Lipinski definition) is 5. The number of carbonyl (C=O) groups is 2. The van der Waals surface area contributed by atoms with Gasteiger partial charge in [0, 0.05) is 0 Å². The average Bonchev–Trinajstić information content (AvgIpc) is 2.32. The summed E-state index contributed by atoms with van der Waals surface area (Å²) in [5.74, 6) is -1.35. The van der Waals surface area contributed by atoms with Gasteiger partial charge in [-0.25, -0.2) is 4.79 Å². The van der Waals surface area contributed by atoms with Crippen molar-refractivity contribution in [1.82, 2.24) is 0 Å². The van der Waals surface area contributed by atoms with Crippen LogP contribution < -0.4 is 0 Å². The Hall–Kier alpha value is -1.06. The van der Waals surface area contributed by atoms with E-state index in [1.54, 1.807) is 0 Å². The summed E-state index contributed by atoms with van der Waals surface area (Å²) in [5.41, 5.74) is 0. The highest BCUT2D eigenvalue weighted by Crippen LogP contribution is 2.11. The van der Waals surface area contributed by atoms with E-state index in [0.29, 0.717) is 0 Å². The van der Waals surface area contributed by atoms with Crippen LogP contribution in [0, 0.1) is 0 Å². The van der Waals surface area contributed by atoms with Crippen LogP contribution in [0.2, 0.25) is 0 Å². The maximum absolute atomic E-state index is 10.5. The lowest BCUT2D eigenvalue weighted by Crippen LogP contribution is -2.50. The molecule has 0 aliphatic rings. The Balaban J connectivity index is 4.75. The third-order valence-electron chi connectivity index (χ3n) is 2.10. The number of carbonyl (C=O) groups excluding carboxylic acids is 1. The predicted octanol–water partition coefficient (Wildman–Crippen LogP) is -2.88. The summed E-state index contributed by atoms with van der Waals surface area (Å²) in [7, 11) is 0. The van der Waals surface area contributed by atoms with E-state index in [0.717, 1.165) is 6.92 Å². The quantitative estimate of drug-likeness (QED) is 0.290. The third-order valence-corrected chi connectivity index (χ3v) is 2.10. The number of aldehydes is 1. The van der Waals surface area contributed by atoms with Crippen LogP contribution in [0.15, 0.2) is 0 Å². The summed E-state index contributed by atoms with van der Waals surface area (Å²) in [6.45, 7) is 0.319. The van der Waals surface area contributed by atoms with Gasteiger partial charge in [0.15, 0.2) is 12.4 Å². The maximum atomic E-state index is 10.5. The molecule has 0 fully saturated rings. The minimum Gasteiger partial charge on any atom is -0.479 e. The molecule has 8 heteroatoms. The molecule has 0 radical (unpaired) electrons. The Morgan fingerprint density at radius 3 is 2.24 bits per heavy atom. The second kappa shape index (κ2) is 7.30. The number of aliphatic hydroxyl groups excluding tert-OH is 4. The van der Waals surface area contributed by atoms with Crippen molar-refractivity contribution in [2.45, 2.75) is 37.4 Å². The summed E-state index contributed by atoms with van der Waals surface area (Å²) in [4.78, 5) is 20.8. The van der Waals surface area contributed by atoms with E-state index in [9.17, 15) is 19.8 Å². The molecule has 17 heavy (non-hydrogen) atoms. The SMILES string of the molecule is CC(O[C@@H]([C@H](O)[C@H](O)C=O)[C@H](O)CO)C(=O)O. The van der Waals surface area contributed by atoms with Crippen LogP contribution in [0.4, 0.5) is 0 Å². The molecule has 0 saturated carbocycles. The smallest absolute Gasteiger partial charge is 0.332 e. The predicted molar refractivity (Wildman–Crippen MR) is 53.1 cm³/mol. The van der Waals surface area contributed by atoms with Gasteiger partial charge in [-0.15, -0.1) is 0 Å². The first-order valence-electron chi connectivity index (χ1n) is 4.83. The lowest BCUT2D eigenvalue weighted by atomic mass is 10.0. The molecule has 0 amide bonds. The molecule has 0 rings (SSSR count). The van der Waals surface area contributed by atoms with Crippen LogP contribution in [0.1, 0.15) is 6.92 Å². The van der Waals surface area contributed by atoms with E-state index in [2.05, 4.69) is 0 Å². The molecule has 0 aliphatic carbocycles. The van der Waals surface area contributed by atoms with Crippen molar-refractivity contribution in [3.8, 4) is 0 Å². The van der Waals surface area contributed by atoms with Gasteiger partial charge in [-0.2, -0.15) is 0 Å². The van der Waals surface area contributed by atoms with Crippen molar-refractivity contribution >= 4 is 12.3 Å². The normalized spacial score (nSPS) is 20.1. The Labute approximate surface area is 97.1 Å². The molecule has 8 nitrogen and oxygen atoms in total. The van der Waals surface area contributed by atoms with Crippen LogP contribution in [-0.2, 0) is 14.3 Å². The zero-order chi connectivity index (χ0) is 13.6. The van der Waals surface area contributed by atoms with Crippen molar-refractivity contribution in [2.24, 2.45) is 0 Å². The molecular weight excluding hydrogens is 236 g/mol. The van der Waals surface area contributed by atoms with Crippen LogP contribution in [0.25, 0.3) is 0 Å². The Kier molecular flexibility index (Phi) is 6.85. The molecule has 5 N–H and O–H groups in total. The van der Waals surface area contributed by atoms with Crippen LogP contribution in [0.3, 0.4) is 0 Å². The van der Waals surface area contributed by atoms with Crippen molar-refractivity contribution in [1.29, 1.82) is 0 Å². The fraction of sp³-hybridized carbons (Fsp3) is 0.778. The monoisotopic (exact) mass is 252 g/mol. The molecule has 0 heterocycles. The summed E-state index contributed by atoms with van der Waals surface area (Å²) < 4.78 is 4.77. The highest BCUT2D eigenvalue weighted by Gasteiger charge is 2.35. The first-order chi connectivity index (χ1) is 7.84. The second-order valence-electron chi connectivity index (χ2n) is 3.45. The van der Waals surface area contributed by atoms with E-state index < -0.39 is 43.1 Å². The van der Waals surface area contributed by atoms with Gasteiger partial charge in [0.25, 0.3) is 0 Å². The summed E-state index contributed by atoms with van der Waals surface area (Å²) in [6.07, 6.45) is -8.27. The maximum Gasteiger partial charge on any atom is 0.332 e. The lowest BCUT2D eigenvalue weighted by Gasteiger charge is -2.29. The van der Waals surface area contributed by atoms with Gasteiger partial charge in [0.05, 0.1) is 6.61 Å². The van der Waals surface area contributed by atoms with Gasteiger partial charge in [-0.3, -0.25) is 0 Å². The topological polar surface area (TPSA) is 145 Å². The van der Waals surface area contributed by atoms with Gasteiger partial charge in [0.2, 0.25) is 0 Å².